The summed E-state index contributed by atoms with van der Waals surface area (Å²) < 4.78 is 0. The molecule has 1 fully saturated rings. The van der Waals surface area contributed by atoms with Crippen LogP contribution < -0.4 is 5.32 Å². The number of piperidine rings is 1. The molecule has 1 N–H and O–H groups in total. The number of carbonyl (C=O) groups excluding carboxylic acids is 2. The minimum atomic E-state index is -0.116. The van der Waals surface area contributed by atoms with Crippen LogP contribution in [0.15, 0.2) is 24.3 Å². The molecule has 132 valence electrons. The Morgan fingerprint density at radius 3 is 2.75 bits per heavy atom. The van der Waals surface area contributed by atoms with Crippen LogP contribution in [0.4, 0.5) is 0 Å². The number of hydrogen-bond acceptors (Lipinski definition) is 2. The molecule has 1 aromatic rings. The zero-order valence-corrected chi connectivity index (χ0v) is 15.4. The SMILES string of the molecule is CCC(=O)N1CCC[C@@H](C(=O)NCC(C)(C)c2cccc(C)c2)C1. The molecule has 1 atom stereocenters. The highest BCUT2D eigenvalue weighted by Gasteiger charge is 2.29. The third kappa shape index (κ3) is 4.59. The number of nitrogens with one attached hydrogen (secondary N) is 1. The minimum absolute atomic E-state index is 0.0735. The molecule has 0 radical (unpaired) electrons. The van der Waals surface area contributed by atoms with E-state index in [1.54, 1.807) is 0 Å². The molecule has 0 aromatic heterocycles. The predicted octanol–water partition coefficient (Wildman–Crippen LogP) is 3.04. The molecule has 1 aliphatic rings. The van der Waals surface area contributed by atoms with Gasteiger partial charge in [0.2, 0.25) is 11.8 Å². The molecule has 0 spiro atoms. The summed E-state index contributed by atoms with van der Waals surface area (Å²) in [5.41, 5.74) is 2.34. The van der Waals surface area contributed by atoms with Crippen LogP contribution in [0.5, 0.6) is 0 Å². The Morgan fingerprint density at radius 1 is 1.33 bits per heavy atom. The van der Waals surface area contributed by atoms with Gasteiger partial charge in [-0.3, -0.25) is 9.59 Å². The van der Waals surface area contributed by atoms with Gasteiger partial charge in [0, 0.05) is 31.5 Å². The van der Waals surface area contributed by atoms with E-state index in [-0.39, 0.29) is 23.1 Å². The molecule has 1 heterocycles. The first kappa shape index (κ1) is 18.5. The highest BCUT2D eigenvalue weighted by molar-refractivity contribution is 5.81. The fourth-order valence-electron chi connectivity index (χ4n) is 3.26. The van der Waals surface area contributed by atoms with Gasteiger partial charge in [-0.1, -0.05) is 50.6 Å². The molecular formula is C20H30N2O2. The van der Waals surface area contributed by atoms with Crippen molar-refractivity contribution in [2.75, 3.05) is 19.6 Å². The van der Waals surface area contributed by atoms with E-state index in [0.717, 1.165) is 19.4 Å². The van der Waals surface area contributed by atoms with E-state index in [2.05, 4.69) is 50.4 Å². The van der Waals surface area contributed by atoms with Crippen LogP contribution in [-0.4, -0.2) is 36.3 Å². The lowest BCUT2D eigenvalue weighted by molar-refractivity contribution is -0.135. The summed E-state index contributed by atoms with van der Waals surface area (Å²) in [6, 6.07) is 8.43. The number of hydrogen-bond donors (Lipinski definition) is 1. The maximum absolute atomic E-state index is 12.6. The number of nitrogens with zero attached hydrogens (tertiary/aromatic N) is 1. The number of likely N-dealkylation sites (tertiary alicyclic amines) is 1. The maximum Gasteiger partial charge on any atom is 0.224 e. The Hall–Kier alpha value is -1.84. The zero-order valence-electron chi connectivity index (χ0n) is 15.4. The normalized spacial score (nSPS) is 18.3. The second kappa shape index (κ2) is 7.82. The molecule has 1 aliphatic heterocycles. The smallest absolute Gasteiger partial charge is 0.224 e. The van der Waals surface area contributed by atoms with Gasteiger partial charge in [-0.2, -0.15) is 0 Å². The number of aryl methyl sites for hydroxylation is 1. The first-order valence-corrected chi connectivity index (χ1v) is 8.96. The van der Waals surface area contributed by atoms with Crippen LogP contribution in [-0.2, 0) is 15.0 Å². The highest BCUT2D eigenvalue weighted by Crippen LogP contribution is 2.24. The van der Waals surface area contributed by atoms with Gasteiger partial charge in [-0.25, -0.2) is 0 Å². The summed E-state index contributed by atoms with van der Waals surface area (Å²) >= 11 is 0. The van der Waals surface area contributed by atoms with Gasteiger partial charge in [-0.15, -0.1) is 0 Å². The predicted molar refractivity (Wildman–Crippen MR) is 96.8 cm³/mol. The Kier molecular flexibility index (Phi) is 6.03. The van der Waals surface area contributed by atoms with Crippen LogP contribution in [0, 0.1) is 12.8 Å². The van der Waals surface area contributed by atoms with Gasteiger partial charge in [0.05, 0.1) is 5.92 Å². The van der Waals surface area contributed by atoms with Crippen molar-refractivity contribution in [1.29, 1.82) is 0 Å². The molecule has 2 rings (SSSR count). The lowest BCUT2D eigenvalue weighted by atomic mass is 9.83. The Balaban J connectivity index is 1.93. The van der Waals surface area contributed by atoms with Gasteiger partial charge >= 0.3 is 0 Å². The first-order chi connectivity index (χ1) is 11.3. The summed E-state index contributed by atoms with van der Waals surface area (Å²) in [5, 5.41) is 3.11. The van der Waals surface area contributed by atoms with Crippen LogP contribution in [0.2, 0.25) is 0 Å². The second-order valence-corrected chi connectivity index (χ2v) is 7.50. The van der Waals surface area contributed by atoms with E-state index in [1.165, 1.54) is 11.1 Å². The monoisotopic (exact) mass is 330 g/mol. The Labute approximate surface area is 145 Å². The maximum atomic E-state index is 12.6. The highest BCUT2D eigenvalue weighted by atomic mass is 16.2. The molecule has 0 bridgehead atoms. The largest absolute Gasteiger partial charge is 0.355 e. The third-order valence-electron chi connectivity index (χ3n) is 4.95. The van der Waals surface area contributed by atoms with Gasteiger partial charge in [0.25, 0.3) is 0 Å². The van der Waals surface area contributed by atoms with Crippen molar-refractivity contribution in [3.8, 4) is 0 Å². The van der Waals surface area contributed by atoms with E-state index < -0.39 is 0 Å². The summed E-state index contributed by atoms with van der Waals surface area (Å²) in [6.07, 6.45) is 2.28. The average molecular weight is 330 g/mol. The first-order valence-electron chi connectivity index (χ1n) is 8.96. The minimum Gasteiger partial charge on any atom is -0.355 e. The lowest BCUT2D eigenvalue weighted by Gasteiger charge is -2.33. The molecule has 4 nitrogen and oxygen atoms in total. The fraction of sp³-hybridized carbons (Fsp3) is 0.600. The van der Waals surface area contributed by atoms with Gasteiger partial charge < -0.3 is 10.2 Å². The van der Waals surface area contributed by atoms with Crippen molar-refractivity contribution < 1.29 is 9.59 Å². The zero-order chi connectivity index (χ0) is 17.7. The molecule has 1 aromatic carbocycles. The van der Waals surface area contributed by atoms with E-state index in [4.69, 9.17) is 0 Å². The molecule has 24 heavy (non-hydrogen) atoms. The van der Waals surface area contributed by atoms with Gasteiger partial charge in [0.15, 0.2) is 0 Å². The van der Waals surface area contributed by atoms with Crippen molar-refractivity contribution in [2.45, 2.75) is 52.4 Å². The summed E-state index contributed by atoms with van der Waals surface area (Å²) in [5.74, 6) is 0.138. The Morgan fingerprint density at radius 2 is 2.08 bits per heavy atom. The van der Waals surface area contributed by atoms with Crippen molar-refractivity contribution in [3.05, 3.63) is 35.4 Å². The quantitative estimate of drug-likeness (QED) is 0.902. The molecular weight excluding hydrogens is 300 g/mol. The van der Waals surface area contributed by atoms with E-state index in [9.17, 15) is 9.59 Å². The van der Waals surface area contributed by atoms with Crippen molar-refractivity contribution >= 4 is 11.8 Å². The molecule has 0 aliphatic carbocycles. The summed E-state index contributed by atoms with van der Waals surface area (Å²) in [4.78, 5) is 26.2. The van der Waals surface area contributed by atoms with E-state index >= 15 is 0 Å². The van der Waals surface area contributed by atoms with E-state index in [1.807, 2.05) is 11.8 Å². The molecule has 0 saturated carbocycles. The van der Waals surface area contributed by atoms with Gasteiger partial charge in [0.1, 0.15) is 0 Å². The second-order valence-electron chi connectivity index (χ2n) is 7.50. The number of carbonyl (C=O) groups is 2. The molecule has 4 heteroatoms. The van der Waals surface area contributed by atoms with Gasteiger partial charge in [-0.05, 0) is 25.3 Å². The standard InChI is InChI=1S/C20H30N2O2/c1-5-18(23)22-11-7-9-16(13-22)19(24)21-14-20(3,4)17-10-6-8-15(2)12-17/h6,8,10,12,16H,5,7,9,11,13-14H2,1-4H3,(H,21,24)/t16-/m1/s1. The molecule has 2 amide bonds. The van der Waals surface area contributed by atoms with Crippen molar-refractivity contribution in [2.24, 2.45) is 5.92 Å². The van der Waals surface area contributed by atoms with Crippen LogP contribution >= 0.6 is 0 Å². The van der Waals surface area contributed by atoms with Crippen molar-refractivity contribution in [1.82, 2.24) is 10.2 Å². The van der Waals surface area contributed by atoms with Crippen LogP contribution in [0.25, 0.3) is 0 Å². The molecule has 1 saturated heterocycles. The van der Waals surface area contributed by atoms with Crippen molar-refractivity contribution in [3.63, 3.8) is 0 Å². The Bertz CT molecular complexity index is 595. The number of rotatable bonds is 5. The average Bonchev–Trinajstić information content (AvgIpc) is 2.59. The number of benzene rings is 1. The van der Waals surface area contributed by atoms with Crippen LogP contribution in [0.1, 0.15) is 51.2 Å². The topological polar surface area (TPSA) is 49.4 Å². The summed E-state index contributed by atoms with van der Waals surface area (Å²) in [7, 11) is 0. The fourth-order valence-corrected chi connectivity index (χ4v) is 3.26. The third-order valence-corrected chi connectivity index (χ3v) is 4.95. The van der Waals surface area contributed by atoms with Crippen LogP contribution in [0.3, 0.4) is 0 Å². The molecule has 0 unspecified atom stereocenters. The number of amides is 2. The lowest BCUT2D eigenvalue weighted by Crippen LogP contribution is -2.47. The summed E-state index contributed by atoms with van der Waals surface area (Å²) in [6.45, 7) is 10.2. The van der Waals surface area contributed by atoms with E-state index in [0.29, 0.717) is 19.5 Å².